The molecule has 0 aromatic heterocycles. The normalized spacial score (nSPS) is 19.8. The van der Waals surface area contributed by atoms with Gasteiger partial charge in [-0.25, -0.2) is 0 Å². The maximum Gasteiger partial charge on any atom is 0.0763 e. The van der Waals surface area contributed by atoms with Gasteiger partial charge in [-0.3, -0.25) is 0 Å². The second-order valence-corrected chi connectivity index (χ2v) is 5.73. The zero-order valence-electron chi connectivity index (χ0n) is 12.3. The lowest BCUT2D eigenvalue weighted by atomic mass is 9.74. The number of rotatable bonds is 6. The van der Waals surface area contributed by atoms with Crippen LogP contribution < -0.4 is 0 Å². The van der Waals surface area contributed by atoms with Crippen molar-refractivity contribution in [2.75, 3.05) is 19.6 Å². The lowest BCUT2D eigenvalue weighted by molar-refractivity contribution is 0.0472. The fourth-order valence-electron chi connectivity index (χ4n) is 3.49. The second kappa shape index (κ2) is 6.53. The van der Waals surface area contributed by atoms with Gasteiger partial charge in [0, 0.05) is 12.0 Å². The Hall–Kier alpha value is -0.860. The smallest absolute Gasteiger partial charge is 0.0763 e. The van der Waals surface area contributed by atoms with Gasteiger partial charge in [0.05, 0.1) is 6.10 Å². The molecule has 0 heterocycles. The summed E-state index contributed by atoms with van der Waals surface area (Å²) >= 11 is 0. The molecule has 0 aliphatic heterocycles. The zero-order valence-corrected chi connectivity index (χ0v) is 12.3. The van der Waals surface area contributed by atoms with E-state index in [1.165, 1.54) is 18.4 Å². The first-order chi connectivity index (χ1) is 9.23. The molecule has 1 atom stereocenters. The van der Waals surface area contributed by atoms with E-state index >= 15 is 0 Å². The first-order valence-electron chi connectivity index (χ1n) is 7.69. The Balaban J connectivity index is 2.20. The molecular weight excluding hydrogens is 234 g/mol. The van der Waals surface area contributed by atoms with Crippen molar-refractivity contribution in [2.24, 2.45) is 0 Å². The van der Waals surface area contributed by atoms with Gasteiger partial charge in [-0.05, 0) is 31.5 Å². The van der Waals surface area contributed by atoms with Crippen LogP contribution in [0.15, 0.2) is 30.3 Å². The summed E-state index contributed by atoms with van der Waals surface area (Å²) in [6, 6.07) is 10.6. The Morgan fingerprint density at radius 2 is 1.68 bits per heavy atom. The number of hydrogen-bond acceptors (Lipinski definition) is 2. The van der Waals surface area contributed by atoms with Gasteiger partial charge in [-0.15, -0.1) is 0 Å². The molecule has 2 rings (SSSR count). The van der Waals surface area contributed by atoms with Gasteiger partial charge in [0.1, 0.15) is 0 Å². The van der Waals surface area contributed by atoms with Crippen LogP contribution in [-0.4, -0.2) is 35.7 Å². The summed E-state index contributed by atoms with van der Waals surface area (Å²) in [6.07, 6.45) is 4.48. The lowest BCUT2D eigenvalue weighted by Gasteiger charge is -2.37. The molecule has 1 aromatic carbocycles. The van der Waals surface area contributed by atoms with Crippen LogP contribution >= 0.6 is 0 Å². The van der Waals surface area contributed by atoms with Crippen LogP contribution in [0.4, 0.5) is 0 Å². The Morgan fingerprint density at radius 1 is 1.11 bits per heavy atom. The monoisotopic (exact) mass is 261 g/mol. The van der Waals surface area contributed by atoms with E-state index in [4.69, 9.17) is 0 Å². The molecule has 0 saturated heterocycles. The van der Waals surface area contributed by atoms with Gasteiger partial charge >= 0.3 is 0 Å². The third-order valence-corrected chi connectivity index (χ3v) is 4.81. The molecule has 1 aromatic rings. The van der Waals surface area contributed by atoms with Crippen molar-refractivity contribution >= 4 is 0 Å². The molecule has 0 radical (unpaired) electrons. The van der Waals surface area contributed by atoms with Crippen molar-refractivity contribution in [1.29, 1.82) is 0 Å². The summed E-state index contributed by atoms with van der Waals surface area (Å²) in [6.45, 7) is 7.15. The van der Waals surface area contributed by atoms with Crippen LogP contribution in [0.1, 0.15) is 45.1 Å². The first kappa shape index (κ1) is 14.5. The standard InChI is InChI=1S/C17H27NO/c1-3-18(4-2)14-16(19)17(12-8-9-13-17)15-10-6-5-7-11-15/h5-7,10-11,16,19H,3-4,8-9,12-14H2,1-2H3. The number of aliphatic hydroxyl groups is 1. The highest BCUT2D eigenvalue weighted by atomic mass is 16.3. The molecule has 2 nitrogen and oxygen atoms in total. The van der Waals surface area contributed by atoms with Crippen LogP contribution in [0.2, 0.25) is 0 Å². The summed E-state index contributed by atoms with van der Waals surface area (Å²) in [5.74, 6) is 0. The Bertz CT molecular complexity index is 366. The van der Waals surface area contributed by atoms with E-state index in [-0.39, 0.29) is 11.5 Å². The quantitative estimate of drug-likeness (QED) is 0.850. The Labute approximate surface area is 117 Å². The second-order valence-electron chi connectivity index (χ2n) is 5.73. The third kappa shape index (κ3) is 3.01. The summed E-state index contributed by atoms with van der Waals surface area (Å²) in [5, 5.41) is 10.8. The van der Waals surface area contributed by atoms with E-state index < -0.39 is 0 Å². The molecule has 1 aliphatic rings. The van der Waals surface area contributed by atoms with Gasteiger partial charge in [0.2, 0.25) is 0 Å². The first-order valence-corrected chi connectivity index (χ1v) is 7.69. The largest absolute Gasteiger partial charge is 0.391 e. The van der Waals surface area contributed by atoms with Gasteiger partial charge in [-0.2, -0.15) is 0 Å². The van der Waals surface area contributed by atoms with Crippen LogP contribution in [0, 0.1) is 0 Å². The van der Waals surface area contributed by atoms with Crippen molar-refractivity contribution in [3.8, 4) is 0 Å². The Kier molecular flexibility index (Phi) is 5.00. The fraction of sp³-hybridized carbons (Fsp3) is 0.647. The van der Waals surface area contributed by atoms with Crippen molar-refractivity contribution < 1.29 is 5.11 Å². The number of nitrogens with zero attached hydrogens (tertiary/aromatic N) is 1. The van der Waals surface area contributed by atoms with Crippen molar-refractivity contribution in [3.63, 3.8) is 0 Å². The van der Waals surface area contributed by atoms with Crippen LogP contribution in [0.3, 0.4) is 0 Å². The molecule has 19 heavy (non-hydrogen) atoms. The molecule has 0 spiro atoms. The molecule has 106 valence electrons. The minimum Gasteiger partial charge on any atom is -0.391 e. The molecule has 0 amide bonds. The molecule has 1 unspecified atom stereocenters. The van der Waals surface area contributed by atoms with E-state index in [1.807, 2.05) is 0 Å². The summed E-state index contributed by atoms with van der Waals surface area (Å²) < 4.78 is 0. The molecule has 1 fully saturated rings. The molecular formula is C17H27NO. The average Bonchev–Trinajstić information content (AvgIpc) is 2.96. The molecule has 0 bridgehead atoms. The van der Waals surface area contributed by atoms with Crippen molar-refractivity contribution in [1.82, 2.24) is 4.90 Å². The number of benzene rings is 1. The molecule has 2 heteroatoms. The minimum atomic E-state index is -0.253. The third-order valence-electron chi connectivity index (χ3n) is 4.81. The summed E-state index contributed by atoms with van der Waals surface area (Å²) in [5.41, 5.74) is 1.32. The molecule has 1 aliphatic carbocycles. The van der Waals surface area contributed by atoms with Gasteiger partial charge in [-0.1, -0.05) is 57.0 Å². The van der Waals surface area contributed by atoms with Crippen molar-refractivity contribution in [2.45, 2.75) is 51.0 Å². The summed E-state index contributed by atoms with van der Waals surface area (Å²) in [7, 11) is 0. The SMILES string of the molecule is CCN(CC)CC(O)C1(c2ccccc2)CCCC1. The van der Waals surface area contributed by atoms with Crippen LogP contribution in [-0.2, 0) is 5.41 Å². The van der Waals surface area contributed by atoms with E-state index in [1.54, 1.807) is 0 Å². The molecule has 1 saturated carbocycles. The van der Waals surface area contributed by atoms with E-state index in [9.17, 15) is 5.11 Å². The van der Waals surface area contributed by atoms with Crippen LogP contribution in [0.5, 0.6) is 0 Å². The van der Waals surface area contributed by atoms with Gasteiger partial charge in [0.15, 0.2) is 0 Å². The minimum absolute atomic E-state index is 0.0101. The maximum absolute atomic E-state index is 10.8. The number of aliphatic hydroxyl groups excluding tert-OH is 1. The van der Waals surface area contributed by atoms with E-state index in [0.29, 0.717) is 0 Å². The van der Waals surface area contributed by atoms with E-state index in [2.05, 4.69) is 49.1 Å². The summed E-state index contributed by atoms with van der Waals surface area (Å²) in [4.78, 5) is 2.33. The fourth-order valence-corrected chi connectivity index (χ4v) is 3.49. The predicted octanol–water partition coefficient (Wildman–Crippen LogP) is 3.20. The maximum atomic E-state index is 10.8. The Morgan fingerprint density at radius 3 is 2.21 bits per heavy atom. The van der Waals surface area contributed by atoms with E-state index in [0.717, 1.165) is 32.5 Å². The van der Waals surface area contributed by atoms with Gasteiger partial charge < -0.3 is 10.0 Å². The average molecular weight is 261 g/mol. The number of hydrogen-bond donors (Lipinski definition) is 1. The topological polar surface area (TPSA) is 23.5 Å². The zero-order chi connectivity index (χ0) is 13.7. The van der Waals surface area contributed by atoms with Crippen LogP contribution in [0.25, 0.3) is 0 Å². The lowest BCUT2D eigenvalue weighted by Crippen LogP contribution is -2.45. The van der Waals surface area contributed by atoms with Gasteiger partial charge in [0.25, 0.3) is 0 Å². The highest BCUT2D eigenvalue weighted by molar-refractivity contribution is 5.28. The van der Waals surface area contributed by atoms with Crippen molar-refractivity contribution in [3.05, 3.63) is 35.9 Å². The highest BCUT2D eigenvalue weighted by Crippen LogP contribution is 2.44. The highest BCUT2D eigenvalue weighted by Gasteiger charge is 2.42. The predicted molar refractivity (Wildman–Crippen MR) is 80.4 cm³/mol. The number of likely N-dealkylation sites (N-methyl/N-ethyl adjacent to an activating group) is 1. The molecule has 1 N–H and O–H groups in total.